The number of nitrogens with zero attached hydrogens (tertiary/aromatic N) is 1. The largest absolute Gasteiger partial charge is 0.481 e. The van der Waals surface area contributed by atoms with Crippen LogP contribution >= 0.6 is 0 Å². The number of ether oxygens (including phenoxy) is 1. The number of methoxy groups -OCH3 is 1. The molecular formula is C8H13N3O. The van der Waals surface area contributed by atoms with Crippen LogP contribution in [0, 0.1) is 0 Å². The van der Waals surface area contributed by atoms with Crippen molar-refractivity contribution in [2.24, 2.45) is 5.73 Å². The minimum absolute atomic E-state index is 0.115. The summed E-state index contributed by atoms with van der Waals surface area (Å²) in [6, 6.07) is 1.66. The van der Waals surface area contributed by atoms with E-state index in [1.807, 2.05) is 6.92 Å². The average Bonchev–Trinajstić information content (AvgIpc) is 2.04. The number of pyridine rings is 1. The zero-order chi connectivity index (χ0) is 9.14. The Morgan fingerprint density at radius 2 is 2.25 bits per heavy atom. The monoisotopic (exact) mass is 167 g/mol. The molecule has 4 nitrogen and oxygen atoms in total. The number of hydrogen-bond donors (Lipinski definition) is 2. The van der Waals surface area contributed by atoms with Gasteiger partial charge in [-0.25, -0.2) is 4.98 Å². The van der Waals surface area contributed by atoms with Crippen molar-refractivity contribution in [1.29, 1.82) is 0 Å². The second kappa shape index (κ2) is 3.40. The van der Waals surface area contributed by atoms with Crippen LogP contribution in [0.3, 0.4) is 0 Å². The third kappa shape index (κ3) is 1.65. The summed E-state index contributed by atoms with van der Waals surface area (Å²) in [6.45, 7) is 1.86. The van der Waals surface area contributed by atoms with E-state index in [9.17, 15) is 0 Å². The highest BCUT2D eigenvalue weighted by Gasteiger charge is 2.08. The fourth-order valence-electron chi connectivity index (χ4n) is 0.983. The molecule has 0 aliphatic heterocycles. The van der Waals surface area contributed by atoms with Crippen molar-refractivity contribution in [3.05, 3.63) is 17.8 Å². The topological polar surface area (TPSA) is 74.2 Å². The standard InChI is InChI=1S/C8H13N3O/c1-5(9)7-3-6(10)4-11-8(7)12-2/h3-5H,9-10H2,1-2H3. The van der Waals surface area contributed by atoms with Crippen LogP contribution in [0.5, 0.6) is 5.88 Å². The normalized spacial score (nSPS) is 12.6. The molecule has 1 aromatic rings. The van der Waals surface area contributed by atoms with E-state index in [1.165, 1.54) is 0 Å². The summed E-state index contributed by atoms with van der Waals surface area (Å²) < 4.78 is 5.01. The van der Waals surface area contributed by atoms with Crippen molar-refractivity contribution in [3.63, 3.8) is 0 Å². The fourth-order valence-corrected chi connectivity index (χ4v) is 0.983. The molecule has 12 heavy (non-hydrogen) atoms. The van der Waals surface area contributed by atoms with E-state index in [1.54, 1.807) is 19.4 Å². The Labute approximate surface area is 71.5 Å². The zero-order valence-corrected chi connectivity index (χ0v) is 7.24. The number of aromatic nitrogens is 1. The Bertz CT molecular complexity index is 273. The van der Waals surface area contributed by atoms with E-state index < -0.39 is 0 Å². The van der Waals surface area contributed by atoms with Crippen molar-refractivity contribution < 1.29 is 4.74 Å². The Balaban J connectivity index is 3.12. The van der Waals surface area contributed by atoms with Gasteiger partial charge in [-0.05, 0) is 13.0 Å². The number of anilines is 1. The molecule has 0 fully saturated rings. The van der Waals surface area contributed by atoms with Gasteiger partial charge < -0.3 is 16.2 Å². The lowest BCUT2D eigenvalue weighted by Gasteiger charge is -2.10. The number of nitrogens with two attached hydrogens (primary N) is 2. The molecule has 0 saturated carbocycles. The zero-order valence-electron chi connectivity index (χ0n) is 7.24. The van der Waals surface area contributed by atoms with E-state index in [2.05, 4.69) is 4.98 Å². The van der Waals surface area contributed by atoms with Gasteiger partial charge in [0.1, 0.15) is 0 Å². The maximum absolute atomic E-state index is 5.68. The van der Waals surface area contributed by atoms with E-state index in [0.29, 0.717) is 11.6 Å². The summed E-state index contributed by atoms with van der Waals surface area (Å²) in [7, 11) is 1.56. The Hall–Kier alpha value is -1.29. The van der Waals surface area contributed by atoms with Crippen molar-refractivity contribution in [1.82, 2.24) is 4.98 Å². The molecule has 0 spiro atoms. The third-order valence-electron chi connectivity index (χ3n) is 1.58. The summed E-state index contributed by atoms with van der Waals surface area (Å²) >= 11 is 0. The molecule has 0 bridgehead atoms. The first-order valence-corrected chi connectivity index (χ1v) is 3.70. The van der Waals surface area contributed by atoms with Crippen molar-refractivity contribution >= 4 is 5.69 Å². The molecule has 0 amide bonds. The van der Waals surface area contributed by atoms with Gasteiger partial charge in [-0.15, -0.1) is 0 Å². The second-order valence-electron chi connectivity index (χ2n) is 2.66. The van der Waals surface area contributed by atoms with Crippen molar-refractivity contribution in [2.45, 2.75) is 13.0 Å². The maximum atomic E-state index is 5.68. The second-order valence-corrected chi connectivity index (χ2v) is 2.66. The van der Waals surface area contributed by atoms with Gasteiger partial charge in [-0.2, -0.15) is 0 Å². The predicted octanol–water partition coefficient (Wildman–Crippen LogP) is 0.692. The Morgan fingerprint density at radius 1 is 1.58 bits per heavy atom. The molecule has 66 valence electrons. The molecule has 1 aromatic heterocycles. The highest BCUT2D eigenvalue weighted by Crippen LogP contribution is 2.22. The lowest BCUT2D eigenvalue weighted by Crippen LogP contribution is -2.08. The predicted molar refractivity (Wildman–Crippen MR) is 47.8 cm³/mol. The first-order chi connectivity index (χ1) is 5.65. The average molecular weight is 167 g/mol. The minimum Gasteiger partial charge on any atom is -0.481 e. The van der Waals surface area contributed by atoms with Gasteiger partial charge in [0.2, 0.25) is 5.88 Å². The summed E-state index contributed by atoms with van der Waals surface area (Å²) in [5, 5.41) is 0. The summed E-state index contributed by atoms with van der Waals surface area (Å²) in [4.78, 5) is 3.99. The van der Waals surface area contributed by atoms with Crippen LogP contribution in [0.2, 0.25) is 0 Å². The smallest absolute Gasteiger partial charge is 0.217 e. The molecule has 0 aliphatic carbocycles. The number of hydrogen-bond acceptors (Lipinski definition) is 4. The molecular weight excluding hydrogens is 154 g/mol. The lowest BCUT2D eigenvalue weighted by atomic mass is 10.1. The third-order valence-corrected chi connectivity index (χ3v) is 1.58. The first kappa shape index (κ1) is 8.80. The van der Waals surface area contributed by atoms with Crippen LogP contribution in [0.25, 0.3) is 0 Å². The molecule has 1 atom stereocenters. The van der Waals surface area contributed by atoms with Crippen molar-refractivity contribution in [3.8, 4) is 5.88 Å². The van der Waals surface area contributed by atoms with Gasteiger partial charge >= 0.3 is 0 Å². The molecule has 4 heteroatoms. The lowest BCUT2D eigenvalue weighted by molar-refractivity contribution is 0.390. The maximum Gasteiger partial charge on any atom is 0.217 e. The number of nitrogen functional groups attached to an aromatic ring is 1. The summed E-state index contributed by atoms with van der Waals surface area (Å²) in [5.41, 5.74) is 12.7. The van der Waals surface area contributed by atoms with Gasteiger partial charge in [-0.1, -0.05) is 0 Å². The van der Waals surface area contributed by atoms with Crippen LogP contribution < -0.4 is 16.2 Å². The van der Waals surface area contributed by atoms with Crippen LogP contribution in [0.4, 0.5) is 5.69 Å². The van der Waals surface area contributed by atoms with Crippen LogP contribution in [-0.4, -0.2) is 12.1 Å². The number of rotatable bonds is 2. The van der Waals surface area contributed by atoms with Gasteiger partial charge in [0, 0.05) is 11.6 Å². The molecule has 0 aliphatic rings. The van der Waals surface area contributed by atoms with Gasteiger partial charge in [-0.3, -0.25) is 0 Å². The minimum atomic E-state index is -0.115. The molecule has 1 rings (SSSR count). The van der Waals surface area contributed by atoms with E-state index in [-0.39, 0.29) is 6.04 Å². The molecule has 1 heterocycles. The molecule has 0 radical (unpaired) electrons. The Morgan fingerprint density at radius 3 is 2.75 bits per heavy atom. The molecule has 4 N–H and O–H groups in total. The van der Waals surface area contributed by atoms with E-state index in [0.717, 1.165) is 5.56 Å². The quantitative estimate of drug-likeness (QED) is 0.679. The SMILES string of the molecule is COc1ncc(N)cc1C(C)N. The fraction of sp³-hybridized carbons (Fsp3) is 0.375. The van der Waals surface area contributed by atoms with Gasteiger partial charge in [0.15, 0.2) is 0 Å². The summed E-state index contributed by atoms with van der Waals surface area (Å²) in [5.74, 6) is 0.541. The van der Waals surface area contributed by atoms with E-state index in [4.69, 9.17) is 16.2 Å². The Kier molecular flexibility index (Phi) is 2.50. The van der Waals surface area contributed by atoms with Crippen LogP contribution in [0.1, 0.15) is 18.5 Å². The molecule has 0 aromatic carbocycles. The van der Waals surface area contributed by atoms with Crippen molar-refractivity contribution in [2.75, 3.05) is 12.8 Å². The highest BCUT2D eigenvalue weighted by atomic mass is 16.5. The van der Waals surface area contributed by atoms with E-state index >= 15 is 0 Å². The van der Waals surface area contributed by atoms with Gasteiger partial charge in [0.05, 0.1) is 19.0 Å². The van der Waals surface area contributed by atoms with Crippen LogP contribution in [-0.2, 0) is 0 Å². The van der Waals surface area contributed by atoms with Gasteiger partial charge in [0.25, 0.3) is 0 Å². The molecule has 1 unspecified atom stereocenters. The van der Waals surface area contributed by atoms with Crippen LogP contribution in [0.15, 0.2) is 12.3 Å². The molecule has 0 saturated heterocycles. The highest BCUT2D eigenvalue weighted by molar-refractivity contribution is 5.43. The first-order valence-electron chi connectivity index (χ1n) is 3.70. The summed E-state index contributed by atoms with van der Waals surface area (Å²) in [6.07, 6.45) is 1.55.